The Balaban J connectivity index is 1.26. The van der Waals surface area contributed by atoms with Gasteiger partial charge in [0.25, 0.3) is 11.5 Å². The van der Waals surface area contributed by atoms with E-state index in [0.29, 0.717) is 29.2 Å². The Bertz CT molecular complexity index is 1620. The van der Waals surface area contributed by atoms with Gasteiger partial charge < -0.3 is 15.6 Å². The van der Waals surface area contributed by atoms with Gasteiger partial charge in [-0.05, 0) is 65.6 Å². The van der Waals surface area contributed by atoms with Gasteiger partial charge in [-0.15, -0.1) is 0 Å². The van der Waals surface area contributed by atoms with Crippen LogP contribution in [0, 0.1) is 0 Å². The van der Waals surface area contributed by atoms with Gasteiger partial charge in [0.1, 0.15) is 0 Å². The maximum absolute atomic E-state index is 12.8. The number of H-pyrrole nitrogens is 1. The number of nitrogen functional groups attached to an aromatic ring is 1. The van der Waals surface area contributed by atoms with Crippen molar-refractivity contribution in [1.82, 2.24) is 20.1 Å². The molecule has 0 saturated heterocycles. The molecule has 2 aromatic heterocycles. The third-order valence-corrected chi connectivity index (χ3v) is 6.30. The maximum Gasteiger partial charge on any atom is 0.251 e. The lowest BCUT2D eigenvalue weighted by atomic mass is 10.0. The number of aromatic amines is 1. The first kappa shape index (κ1) is 23.4. The highest BCUT2D eigenvalue weighted by Gasteiger charge is 2.11. The zero-order valence-corrected chi connectivity index (χ0v) is 20.1. The molecule has 0 atom stereocenters. The molecule has 0 saturated carbocycles. The van der Waals surface area contributed by atoms with Crippen LogP contribution in [0.15, 0.2) is 89.9 Å². The molecule has 0 bridgehead atoms. The topological polar surface area (TPSA) is 106 Å². The summed E-state index contributed by atoms with van der Waals surface area (Å²) in [5, 5.41) is 11.7. The number of carbonyl (C=O) groups excluding carboxylic acids is 1. The fourth-order valence-corrected chi connectivity index (χ4v) is 4.34. The van der Waals surface area contributed by atoms with Crippen LogP contribution < -0.4 is 16.6 Å². The summed E-state index contributed by atoms with van der Waals surface area (Å²) in [4.78, 5) is 24.8. The summed E-state index contributed by atoms with van der Waals surface area (Å²) in [5.74, 6) is -0.182. The molecule has 5 rings (SSSR count). The minimum atomic E-state index is -0.182. The van der Waals surface area contributed by atoms with Crippen LogP contribution in [0.4, 0.5) is 5.69 Å². The highest BCUT2D eigenvalue weighted by molar-refractivity contribution is 6.31. The molecule has 0 unspecified atom stereocenters. The first-order chi connectivity index (χ1) is 17.5. The number of nitrogens with zero attached hydrogens (tertiary/aromatic N) is 2. The number of benzene rings is 3. The first-order valence-corrected chi connectivity index (χ1v) is 11.9. The molecule has 4 N–H and O–H groups in total. The Morgan fingerprint density at radius 1 is 1.00 bits per heavy atom. The van der Waals surface area contributed by atoms with Gasteiger partial charge in [0.05, 0.1) is 24.3 Å². The van der Waals surface area contributed by atoms with E-state index in [9.17, 15) is 9.59 Å². The number of rotatable bonds is 7. The van der Waals surface area contributed by atoms with Crippen molar-refractivity contribution in [2.75, 3.05) is 5.73 Å². The predicted octanol–water partition coefficient (Wildman–Crippen LogP) is 4.53. The largest absolute Gasteiger partial charge is 0.398 e. The molecule has 8 heteroatoms. The molecular weight excluding hydrogens is 474 g/mol. The SMILES string of the molecule is Nc1cc(Cc2cccc(C(=O)NCc3n[nH]c4ccc(Cl)cc34)c2)ccc1Cn1ccccc1=O. The van der Waals surface area contributed by atoms with Gasteiger partial charge in [0, 0.05) is 33.9 Å². The number of amides is 1. The summed E-state index contributed by atoms with van der Waals surface area (Å²) in [6, 6.07) is 23.9. The molecule has 0 aliphatic carbocycles. The van der Waals surface area contributed by atoms with Crippen molar-refractivity contribution >= 4 is 34.1 Å². The highest BCUT2D eigenvalue weighted by Crippen LogP contribution is 2.21. The summed E-state index contributed by atoms with van der Waals surface area (Å²) in [7, 11) is 0. The van der Waals surface area contributed by atoms with Gasteiger partial charge >= 0.3 is 0 Å². The summed E-state index contributed by atoms with van der Waals surface area (Å²) >= 11 is 6.10. The van der Waals surface area contributed by atoms with E-state index < -0.39 is 0 Å². The normalized spacial score (nSPS) is 11.0. The van der Waals surface area contributed by atoms with Crippen LogP contribution in [0.25, 0.3) is 10.9 Å². The van der Waals surface area contributed by atoms with Crippen LogP contribution >= 0.6 is 11.6 Å². The first-order valence-electron chi connectivity index (χ1n) is 11.5. The van der Waals surface area contributed by atoms with Crippen LogP contribution in [-0.2, 0) is 19.5 Å². The van der Waals surface area contributed by atoms with Gasteiger partial charge in [0.15, 0.2) is 0 Å². The molecule has 0 radical (unpaired) electrons. The van der Waals surface area contributed by atoms with E-state index >= 15 is 0 Å². The number of halogens is 1. The fourth-order valence-electron chi connectivity index (χ4n) is 4.17. The van der Waals surface area contributed by atoms with Gasteiger partial charge in [-0.2, -0.15) is 5.10 Å². The smallest absolute Gasteiger partial charge is 0.251 e. The van der Waals surface area contributed by atoms with E-state index in [1.807, 2.05) is 54.6 Å². The molecule has 3 aromatic carbocycles. The number of anilines is 1. The number of nitrogens with two attached hydrogens (primary N) is 1. The molecule has 0 aliphatic rings. The van der Waals surface area contributed by atoms with Crippen LogP contribution in [0.1, 0.15) is 32.7 Å². The number of fused-ring (bicyclic) bond motifs is 1. The maximum atomic E-state index is 12.8. The van der Waals surface area contributed by atoms with Crippen LogP contribution in [0.2, 0.25) is 5.02 Å². The second-order valence-electron chi connectivity index (χ2n) is 8.62. The van der Waals surface area contributed by atoms with Crippen molar-refractivity contribution in [2.24, 2.45) is 0 Å². The van der Waals surface area contributed by atoms with E-state index in [1.54, 1.807) is 29.0 Å². The third kappa shape index (κ3) is 5.16. The lowest BCUT2D eigenvalue weighted by molar-refractivity contribution is 0.0950. The molecule has 0 spiro atoms. The van der Waals surface area contributed by atoms with Crippen molar-refractivity contribution in [3.05, 3.63) is 128 Å². The monoisotopic (exact) mass is 497 g/mol. The van der Waals surface area contributed by atoms with Crippen LogP contribution in [0.5, 0.6) is 0 Å². The number of carbonyl (C=O) groups is 1. The lowest BCUT2D eigenvalue weighted by Crippen LogP contribution is -2.23. The van der Waals surface area contributed by atoms with E-state index in [1.165, 1.54) is 6.07 Å². The Morgan fingerprint density at radius 3 is 2.69 bits per heavy atom. The minimum absolute atomic E-state index is 0.0691. The summed E-state index contributed by atoms with van der Waals surface area (Å²) < 4.78 is 1.62. The highest BCUT2D eigenvalue weighted by atomic mass is 35.5. The molecule has 180 valence electrons. The summed E-state index contributed by atoms with van der Waals surface area (Å²) in [6.45, 7) is 0.699. The predicted molar refractivity (Wildman–Crippen MR) is 142 cm³/mol. The van der Waals surface area contributed by atoms with Gasteiger partial charge in [-0.1, -0.05) is 41.9 Å². The summed E-state index contributed by atoms with van der Waals surface area (Å²) in [6.07, 6.45) is 2.37. The van der Waals surface area contributed by atoms with Gasteiger partial charge in [0.2, 0.25) is 0 Å². The average Bonchev–Trinajstić information content (AvgIpc) is 3.27. The van der Waals surface area contributed by atoms with Crippen LogP contribution in [-0.4, -0.2) is 20.7 Å². The zero-order valence-electron chi connectivity index (χ0n) is 19.4. The number of nitrogens with one attached hydrogen (secondary N) is 2. The number of hydrogen-bond acceptors (Lipinski definition) is 4. The van der Waals surface area contributed by atoms with Crippen LogP contribution in [0.3, 0.4) is 0 Å². The standard InChI is InChI=1S/C28H24ClN5O2/c29-22-9-10-25-23(15-22)26(33-32-25)16-31-28(36)20-5-3-4-18(13-20)12-19-7-8-21(24(30)14-19)17-34-11-2-1-6-27(34)35/h1-11,13-15H,12,16-17,30H2,(H,31,36)(H,32,33). The molecule has 5 aromatic rings. The second kappa shape index (κ2) is 10.1. The average molecular weight is 498 g/mol. The van der Waals surface area contributed by atoms with Crippen molar-refractivity contribution < 1.29 is 4.79 Å². The third-order valence-electron chi connectivity index (χ3n) is 6.07. The molecule has 36 heavy (non-hydrogen) atoms. The molecule has 0 fully saturated rings. The van der Waals surface area contributed by atoms with Crippen molar-refractivity contribution in [2.45, 2.75) is 19.5 Å². The molecule has 7 nitrogen and oxygen atoms in total. The summed E-state index contributed by atoms with van der Waals surface area (Å²) in [5.41, 5.74) is 11.9. The molecular formula is C28H24ClN5O2. The lowest BCUT2D eigenvalue weighted by Gasteiger charge is -2.11. The Labute approximate surface area is 212 Å². The Morgan fingerprint density at radius 2 is 1.86 bits per heavy atom. The number of hydrogen-bond donors (Lipinski definition) is 3. The number of pyridine rings is 1. The van der Waals surface area contributed by atoms with Crippen molar-refractivity contribution in [3.63, 3.8) is 0 Å². The van der Waals surface area contributed by atoms with E-state index in [0.717, 1.165) is 33.3 Å². The van der Waals surface area contributed by atoms with Crippen molar-refractivity contribution in [1.29, 1.82) is 0 Å². The van der Waals surface area contributed by atoms with E-state index in [4.69, 9.17) is 17.3 Å². The number of aromatic nitrogens is 3. The Hall–Kier alpha value is -4.36. The van der Waals surface area contributed by atoms with E-state index in [-0.39, 0.29) is 18.0 Å². The van der Waals surface area contributed by atoms with Crippen molar-refractivity contribution in [3.8, 4) is 0 Å². The molecule has 0 aliphatic heterocycles. The van der Waals surface area contributed by atoms with Gasteiger partial charge in [-0.25, -0.2) is 0 Å². The zero-order chi connectivity index (χ0) is 25.1. The fraction of sp³-hybridized carbons (Fsp3) is 0.107. The quantitative estimate of drug-likeness (QED) is 0.287. The van der Waals surface area contributed by atoms with Gasteiger partial charge in [-0.3, -0.25) is 14.7 Å². The second-order valence-corrected chi connectivity index (χ2v) is 9.06. The molecule has 2 heterocycles. The minimum Gasteiger partial charge on any atom is -0.398 e. The molecule has 1 amide bonds. The van der Waals surface area contributed by atoms with E-state index in [2.05, 4.69) is 15.5 Å². The Kier molecular flexibility index (Phi) is 6.56.